The molecule has 3 heteroatoms. The van der Waals surface area contributed by atoms with E-state index in [0.717, 1.165) is 0 Å². The van der Waals surface area contributed by atoms with Crippen LogP contribution in [0.2, 0.25) is 0 Å². The van der Waals surface area contributed by atoms with Crippen LogP contribution in [0.3, 0.4) is 0 Å². The molecule has 0 aromatic heterocycles. The summed E-state index contributed by atoms with van der Waals surface area (Å²) in [7, 11) is 0. The zero-order valence-electron chi connectivity index (χ0n) is 8.60. The fourth-order valence-corrected chi connectivity index (χ4v) is 0.602. The van der Waals surface area contributed by atoms with E-state index in [1.807, 2.05) is 34.6 Å². The van der Waals surface area contributed by atoms with Crippen LogP contribution in [0.1, 0.15) is 34.6 Å². The summed E-state index contributed by atoms with van der Waals surface area (Å²) in [6.07, 6.45) is -0.337. The minimum absolute atomic E-state index is 0.337. The monoisotopic (exact) mass is 173 g/mol. The third-order valence-electron chi connectivity index (χ3n) is 1.05. The summed E-state index contributed by atoms with van der Waals surface area (Å²) in [5.74, 6) is 0.456. The first-order valence-corrected chi connectivity index (χ1v) is 4.28. The van der Waals surface area contributed by atoms with E-state index < -0.39 is 5.60 Å². The van der Waals surface area contributed by atoms with Crippen LogP contribution in [0.15, 0.2) is 0 Å². The lowest BCUT2D eigenvalue weighted by atomic mass is 10.2. The van der Waals surface area contributed by atoms with Gasteiger partial charge in [-0.1, -0.05) is 13.8 Å². The summed E-state index contributed by atoms with van der Waals surface area (Å²) in [6.45, 7) is 10.3. The topological polar surface area (TPSA) is 38.3 Å². The summed E-state index contributed by atoms with van der Waals surface area (Å²) in [5, 5.41) is 2.68. The molecule has 1 amide bonds. The summed E-state index contributed by atoms with van der Waals surface area (Å²) >= 11 is 0. The quantitative estimate of drug-likeness (QED) is 0.695. The molecule has 0 unspecified atom stereocenters. The molecule has 0 saturated heterocycles. The van der Waals surface area contributed by atoms with Crippen molar-refractivity contribution in [1.82, 2.24) is 5.32 Å². The van der Waals surface area contributed by atoms with E-state index in [2.05, 4.69) is 5.32 Å². The zero-order valence-corrected chi connectivity index (χ0v) is 8.60. The van der Waals surface area contributed by atoms with Gasteiger partial charge in [-0.15, -0.1) is 0 Å². The summed E-state index contributed by atoms with van der Waals surface area (Å²) in [5.41, 5.74) is -0.402. The van der Waals surface area contributed by atoms with Crippen LogP contribution in [-0.2, 0) is 4.74 Å². The smallest absolute Gasteiger partial charge is 0.407 e. The Hall–Kier alpha value is -0.730. The van der Waals surface area contributed by atoms with E-state index in [-0.39, 0.29) is 6.09 Å². The molecule has 3 nitrogen and oxygen atoms in total. The molecule has 0 aromatic rings. The van der Waals surface area contributed by atoms with E-state index in [9.17, 15) is 4.79 Å². The van der Waals surface area contributed by atoms with Crippen LogP contribution in [0.25, 0.3) is 0 Å². The van der Waals surface area contributed by atoms with Gasteiger partial charge in [0.1, 0.15) is 5.60 Å². The molecule has 0 rings (SSSR count). The van der Waals surface area contributed by atoms with Crippen molar-refractivity contribution in [2.75, 3.05) is 6.54 Å². The van der Waals surface area contributed by atoms with Crippen molar-refractivity contribution in [3.63, 3.8) is 0 Å². The number of carbonyl (C=O) groups excluding carboxylic acids is 1. The maximum Gasteiger partial charge on any atom is 0.407 e. The summed E-state index contributed by atoms with van der Waals surface area (Å²) in [6, 6.07) is 0. The van der Waals surface area contributed by atoms with E-state index in [4.69, 9.17) is 4.74 Å². The number of nitrogens with one attached hydrogen (secondary N) is 1. The minimum Gasteiger partial charge on any atom is -0.444 e. The maximum absolute atomic E-state index is 11.0. The predicted molar refractivity (Wildman–Crippen MR) is 49.1 cm³/mol. The molecular weight excluding hydrogens is 154 g/mol. The van der Waals surface area contributed by atoms with E-state index in [0.29, 0.717) is 12.5 Å². The van der Waals surface area contributed by atoms with Crippen molar-refractivity contribution in [2.45, 2.75) is 40.2 Å². The Morgan fingerprint density at radius 3 is 2.25 bits per heavy atom. The lowest BCUT2D eigenvalue weighted by Crippen LogP contribution is -2.34. The molecule has 72 valence electrons. The Labute approximate surface area is 74.5 Å². The summed E-state index contributed by atoms with van der Waals surface area (Å²) in [4.78, 5) is 11.0. The highest BCUT2D eigenvalue weighted by Gasteiger charge is 2.15. The highest BCUT2D eigenvalue weighted by Crippen LogP contribution is 2.06. The van der Waals surface area contributed by atoms with Crippen molar-refractivity contribution < 1.29 is 9.53 Å². The van der Waals surface area contributed by atoms with E-state index in [1.54, 1.807) is 0 Å². The fraction of sp³-hybridized carbons (Fsp3) is 0.889. The molecule has 0 fully saturated rings. The van der Waals surface area contributed by atoms with Gasteiger partial charge < -0.3 is 10.1 Å². The third-order valence-corrected chi connectivity index (χ3v) is 1.05. The second-order valence-corrected chi connectivity index (χ2v) is 4.28. The van der Waals surface area contributed by atoms with Gasteiger partial charge in [-0.3, -0.25) is 0 Å². The molecular formula is C9H19NO2. The average Bonchev–Trinajstić information content (AvgIpc) is 1.79. The molecule has 0 saturated carbocycles. The Kier molecular flexibility index (Phi) is 4.07. The number of hydrogen-bond acceptors (Lipinski definition) is 2. The minimum atomic E-state index is -0.402. The van der Waals surface area contributed by atoms with Crippen LogP contribution >= 0.6 is 0 Å². The van der Waals surface area contributed by atoms with Crippen molar-refractivity contribution in [3.8, 4) is 0 Å². The Morgan fingerprint density at radius 2 is 1.92 bits per heavy atom. The Bertz CT molecular complexity index is 147. The molecule has 0 aromatic carbocycles. The fourth-order valence-electron chi connectivity index (χ4n) is 0.602. The van der Waals surface area contributed by atoms with Crippen LogP contribution in [-0.4, -0.2) is 18.2 Å². The molecule has 0 bridgehead atoms. The average molecular weight is 173 g/mol. The van der Waals surface area contributed by atoms with Gasteiger partial charge in [0.25, 0.3) is 0 Å². The van der Waals surface area contributed by atoms with Gasteiger partial charge in [0, 0.05) is 6.54 Å². The lowest BCUT2D eigenvalue weighted by molar-refractivity contribution is 0.0521. The molecule has 0 aliphatic carbocycles. The van der Waals surface area contributed by atoms with Gasteiger partial charge in [-0.05, 0) is 26.7 Å². The second kappa shape index (κ2) is 4.33. The van der Waals surface area contributed by atoms with Gasteiger partial charge in [0.05, 0.1) is 0 Å². The van der Waals surface area contributed by atoms with Gasteiger partial charge in [-0.25, -0.2) is 4.79 Å². The zero-order chi connectivity index (χ0) is 9.78. The van der Waals surface area contributed by atoms with Crippen molar-refractivity contribution in [3.05, 3.63) is 0 Å². The Morgan fingerprint density at radius 1 is 1.42 bits per heavy atom. The van der Waals surface area contributed by atoms with Crippen LogP contribution in [0.5, 0.6) is 0 Å². The molecule has 0 aliphatic rings. The van der Waals surface area contributed by atoms with Crippen LogP contribution in [0, 0.1) is 5.92 Å². The normalized spacial score (nSPS) is 11.5. The van der Waals surface area contributed by atoms with E-state index >= 15 is 0 Å². The number of hydrogen-bond donors (Lipinski definition) is 1. The molecule has 1 N–H and O–H groups in total. The molecule has 0 aliphatic heterocycles. The first-order chi connectivity index (χ1) is 5.31. The maximum atomic E-state index is 11.0. The summed E-state index contributed by atoms with van der Waals surface area (Å²) < 4.78 is 5.04. The van der Waals surface area contributed by atoms with Crippen molar-refractivity contribution in [1.29, 1.82) is 0 Å². The van der Waals surface area contributed by atoms with Gasteiger partial charge in [-0.2, -0.15) is 0 Å². The number of rotatable bonds is 2. The molecule has 0 radical (unpaired) electrons. The first-order valence-electron chi connectivity index (χ1n) is 4.28. The van der Waals surface area contributed by atoms with Gasteiger partial charge >= 0.3 is 6.09 Å². The SMILES string of the molecule is CC(C)CNC(=O)OC(C)(C)C. The standard InChI is InChI=1S/C9H19NO2/c1-7(2)6-10-8(11)12-9(3,4)5/h7H,6H2,1-5H3,(H,10,11). The van der Waals surface area contributed by atoms with Gasteiger partial charge in [0.2, 0.25) is 0 Å². The third kappa shape index (κ3) is 7.38. The highest BCUT2D eigenvalue weighted by molar-refractivity contribution is 5.67. The number of ether oxygens (including phenoxy) is 1. The van der Waals surface area contributed by atoms with Gasteiger partial charge in [0.15, 0.2) is 0 Å². The predicted octanol–water partition coefficient (Wildman–Crippen LogP) is 2.17. The largest absolute Gasteiger partial charge is 0.444 e. The van der Waals surface area contributed by atoms with Crippen molar-refractivity contribution >= 4 is 6.09 Å². The molecule has 0 spiro atoms. The number of amides is 1. The van der Waals surface area contributed by atoms with Crippen molar-refractivity contribution in [2.24, 2.45) is 5.92 Å². The first kappa shape index (κ1) is 11.3. The van der Waals surface area contributed by atoms with E-state index in [1.165, 1.54) is 0 Å². The van der Waals surface area contributed by atoms with Crippen LogP contribution in [0.4, 0.5) is 4.79 Å². The lowest BCUT2D eigenvalue weighted by Gasteiger charge is -2.20. The molecule has 0 heterocycles. The number of alkyl carbamates (subject to hydrolysis) is 1. The highest BCUT2D eigenvalue weighted by atomic mass is 16.6. The molecule has 0 atom stereocenters. The second-order valence-electron chi connectivity index (χ2n) is 4.28. The Balaban J connectivity index is 3.61. The van der Waals surface area contributed by atoms with Crippen LogP contribution < -0.4 is 5.32 Å². The molecule has 12 heavy (non-hydrogen) atoms. The number of carbonyl (C=O) groups is 1.